The van der Waals surface area contributed by atoms with Crippen molar-refractivity contribution < 1.29 is 23.0 Å². The van der Waals surface area contributed by atoms with Crippen molar-refractivity contribution in [1.29, 1.82) is 0 Å². The number of carbonyl (C=O) groups is 1. The Bertz CT molecular complexity index is 1080. The Morgan fingerprint density at radius 3 is 2.84 bits per heavy atom. The zero-order chi connectivity index (χ0) is 22.0. The fourth-order valence-corrected chi connectivity index (χ4v) is 3.51. The second-order valence-corrected chi connectivity index (χ2v) is 7.71. The molecule has 1 aliphatic heterocycles. The summed E-state index contributed by atoms with van der Waals surface area (Å²) in [6.45, 7) is 4.41. The van der Waals surface area contributed by atoms with E-state index in [0.717, 1.165) is 24.6 Å². The Morgan fingerprint density at radius 1 is 1.29 bits per heavy atom. The first-order valence-corrected chi connectivity index (χ1v) is 10.3. The van der Waals surface area contributed by atoms with Crippen LogP contribution >= 0.6 is 0 Å². The highest BCUT2D eigenvalue weighted by Gasteiger charge is 2.21. The molecular formula is C22H24F2N4O3. The zero-order valence-corrected chi connectivity index (χ0v) is 17.3. The van der Waals surface area contributed by atoms with Crippen LogP contribution in [0.4, 0.5) is 14.6 Å². The number of hydrogen-bond donors (Lipinski definition) is 1. The molecule has 1 aromatic carbocycles. The minimum atomic E-state index is -2.72. The van der Waals surface area contributed by atoms with Crippen LogP contribution in [0.3, 0.4) is 0 Å². The van der Waals surface area contributed by atoms with Gasteiger partial charge in [0.15, 0.2) is 0 Å². The third-order valence-corrected chi connectivity index (χ3v) is 4.92. The van der Waals surface area contributed by atoms with E-state index in [1.54, 1.807) is 16.8 Å². The number of carbonyl (C=O) groups excluding carboxylic acids is 1. The van der Waals surface area contributed by atoms with E-state index in [4.69, 9.17) is 9.47 Å². The first-order valence-electron chi connectivity index (χ1n) is 10.3. The molecule has 7 nitrogen and oxygen atoms in total. The summed E-state index contributed by atoms with van der Waals surface area (Å²) in [5.41, 5.74) is 0.550. The number of ether oxygens (including phenoxy) is 2. The summed E-state index contributed by atoms with van der Waals surface area (Å²) in [4.78, 5) is 16.8. The highest BCUT2D eigenvalue weighted by Crippen LogP contribution is 2.30. The van der Waals surface area contributed by atoms with Crippen LogP contribution in [0.15, 0.2) is 36.5 Å². The topological polar surface area (TPSA) is 78.3 Å². The number of fused-ring (bicyclic) bond motifs is 1. The van der Waals surface area contributed by atoms with Gasteiger partial charge in [-0.25, -0.2) is 18.4 Å². The van der Waals surface area contributed by atoms with E-state index in [1.807, 2.05) is 20.0 Å². The number of amides is 1. The van der Waals surface area contributed by atoms with E-state index < -0.39 is 18.0 Å². The number of halogens is 2. The second-order valence-electron chi connectivity index (χ2n) is 7.71. The average molecular weight is 430 g/mol. The number of hydrogen-bond acceptors (Lipinski definition) is 5. The molecule has 0 bridgehead atoms. The highest BCUT2D eigenvalue weighted by molar-refractivity contribution is 6.08. The molecule has 1 atom stereocenters. The first kappa shape index (κ1) is 21.2. The van der Waals surface area contributed by atoms with Crippen molar-refractivity contribution in [3.8, 4) is 5.75 Å². The van der Waals surface area contributed by atoms with E-state index in [0.29, 0.717) is 17.9 Å². The molecule has 1 fully saturated rings. The van der Waals surface area contributed by atoms with Gasteiger partial charge in [0.25, 0.3) is 12.3 Å². The molecule has 0 spiro atoms. The van der Waals surface area contributed by atoms with Gasteiger partial charge in [-0.1, -0.05) is 6.07 Å². The fourth-order valence-electron chi connectivity index (χ4n) is 3.51. The number of aromatic nitrogens is 3. The van der Waals surface area contributed by atoms with Gasteiger partial charge < -0.3 is 14.8 Å². The van der Waals surface area contributed by atoms with Crippen molar-refractivity contribution in [1.82, 2.24) is 14.8 Å². The molecule has 31 heavy (non-hydrogen) atoms. The summed E-state index contributed by atoms with van der Waals surface area (Å²) < 4.78 is 39.3. The first-order chi connectivity index (χ1) is 14.9. The van der Waals surface area contributed by atoms with Crippen LogP contribution in [0.5, 0.6) is 5.75 Å². The second kappa shape index (κ2) is 8.97. The lowest BCUT2D eigenvalue weighted by Gasteiger charge is -2.22. The lowest BCUT2D eigenvalue weighted by molar-refractivity contribution is -0.0390. The number of benzene rings is 1. The number of nitrogens with one attached hydrogen (secondary N) is 1. The van der Waals surface area contributed by atoms with E-state index >= 15 is 0 Å². The third-order valence-electron chi connectivity index (χ3n) is 4.92. The minimum Gasteiger partial charge on any atom is -0.490 e. The van der Waals surface area contributed by atoms with Gasteiger partial charge in [0.2, 0.25) is 0 Å². The van der Waals surface area contributed by atoms with Crippen molar-refractivity contribution in [3.05, 3.63) is 47.8 Å². The molecule has 3 aromatic rings. The maximum atomic E-state index is 13.0. The van der Waals surface area contributed by atoms with Crippen LogP contribution in [0.1, 0.15) is 61.8 Å². The maximum Gasteiger partial charge on any atom is 0.280 e. The SMILES string of the molecule is CC(C)Oc1cc2nn(C3CCCCO3)cc2cc1C(=O)Nc1cccc(C(F)F)n1. The molecule has 9 heteroatoms. The maximum absolute atomic E-state index is 13.0. The average Bonchev–Trinajstić information content (AvgIpc) is 3.16. The Labute approximate surface area is 178 Å². The van der Waals surface area contributed by atoms with Crippen LogP contribution in [-0.2, 0) is 4.74 Å². The van der Waals surface area contributed by atoms with Crippen LogP contribution in [-0.4, -0.2) is 33.4 Å². The van der Waals surface area contributed by atoms with Gasteiger partial charge >= 0.3 is 0 Å². The summed E-state index contributed by atoms with van der Waals surface area (Å²) in [7, 11) is 0. The lowest BCUT2D eigenvalue weighted by Crippen LogP contribution is -2.18. The molecule has 0 aliphatic carbocycles. The molecule has 1 amide bonds. The minimum absolute atomic E-state index is 0.0460. The number of alkyl halides is 2. The Kier molecular flexibility index (Phi) is 6.13. The van der Waals surface area contributed by atoms with Crippen molar-refractivity contribution in [3.63, 3.8) is 0 Å². The van der Waals surface area contributed by atoms with E-state index in [9.17, 15) is 13.6 Å². The van der Waals surface area contributed by atoms with Crippen molar-refractivity contribution >= 4 is 22.6 Å². The number of pyridine rings is 1. The molecule has 164 valence electrons. The monoisotopic (exact) mass is 430 g/mol. The van der Waals surface area contributed by atoms with Crippen LogP contribution < -0.4 is 10.1 Å². The smallest absolute Gasteiger partial charge is 0.280 e. The van der Waals surface area contributed by atoms with Gasteiger partial charge in [-0.05, 0) is 51.3 Å². The van der Waals surface area contributed by atoms with Crippen molar-refractivity contribution in [2.24, 2.45) is 0 Å². The molecule has 0 radical (unpaired) electrons. The Balaban J connectivity index is 1.67. The number of anilines is 1. The summed E-state index contributed by atoms with van der Waals surface area (Å²) in [5.74, 6) is -0.0948. The largest absolute Gasteiger partial charge is 0.490 e. The van der Waals surface area contributed by atoms with Crippen molar-refractivity contribution in [2.45, 2.75) is 51.9 Å². The Morgan fingerprint density at radius 2 is 2.13 bits per heavy atom. The van der Waals surface area contributed by atoms with E-state index in [1.165, 1.54) is 18.2 Å². The number of nitrogens with zero attached hydrogens (tertiary/aromatic N) is 3. The normalized spacial score (nSPS) is 16.8. The van der Waals surface area contributed by atoms with E-state index in [2.05, 4.69) is 15.4 Å². The predicted octanol–water partition coefficient (Wildman–Crippen LogP) is 5.11. The van der Waals surface area contributed by atoms with Gasteiger partial charge in [0, 0.05) is 24.3 Å². The van der Waals surface area contributed by atoms with Gasteiger partial charge in [-0.15, -0.1) is 0 Å². The molecule has 0 saturated carbocycles. The summed E-state index contributed by atoms with van der Waals surface area (Å²) in [5, 5.41) is 7.95. The van der Waals surface area contributed by atoms with Gasteiger partial charge in [-0.3, -0.25) is 4.79 Å². The molecule has 4 rings (SSSR count). The zero-order valence-electron chi connectivity index (χ0n) is 17.3. The number of rotatable bonds is 6. The van der Waals surface area contributed by atoms with Crippen LogP contribution in [0.2, 0.25) is 0 Å². The molecule has 2 aromatic heterocycles. The van der Waals surface area contributed by atoms with Crippen LogP contribution in [0, 0.1) is 0 Å². The summed E-state index contributed by atoms with van der Waals surface area (Å²) in [6, 6.07) is 7.50. The standard InChI is InChI=1S/C22H24F2N4O3/c1-13(2)31-18-11-17-14(12-28(27-17)20-8-3-4-9-30-20)10-15(18)22(29)26-19-7-5-6-16(25-19)21(23)24/h5-7,10-13,20-21H,3-4,8-9H2,1-2H3,(H,25,26,29). The van der Waals surface area contributed by atoms with Crippen LogP contribution in [0.25, 0.3) is 10.9 Å². The molecule has 3 heterocycles. The molecule has 1 aliphatic rings. The predicted molar refractivity (Wildman–Crippen MR) is 111 cm³/mol. The Hall–Kier alpha value is -3.07. The fraction of sp³-hybridized carbons (Fsp3) is 0.409. The quantitative estimate of drug-likeness (QED) is 0.588. The van der Waals surface area contributed by atoms with Gasteiger partial charge in [0.05, 0.1) is 17.2 Å². The van der Waals surface area contributed by atoms with Gasteiger partial charge in [-0.2, -0.15) is 5.10 Å². The van der Waals surface area contributed by atoms with Gasteiger partial charge in [0.1, 0.15) is 23.5 Å². The highest BCUT2D eigenvalue weighted by atomic mass is 19.3. The molecular weight excluding hydrogens is 406 g/mol. The lowest BCUT2D eigenvalue weighted by atomic mass is 10.1. The summed E-state index contributed by atoms with van der Waals surface area (Å²) in [6.07, 6.45) is 1.80. The molecule has 1 saturated heterocycles. The van der Waals surface area contributed by atoms with E-state index in [-0.39, 0.29) is 23.7 Å². The third kappa shape index (κ3) is 4.82. The summed E-state index contributed by atoms with van der Waals surface area (Å²) >= 11 is 0. The molecule has 1 unspecified atom stereocenters. The molecule has 1 N–H and O–H groups in total. The van der Waals surface area contributed by atoms with Crippen molar-refractivity contribution in [2.75, 3.05) is 11.9 Å².